The molecule has 0 atom stereocenters. The van der Waals surface area contributed by atoms with Crippen molar-refractivity contribution in [2.24, 2.45) is 0 Å². The Bertz CT molecular complexity index is 1380. The normalized spacial score (nSPS) is 13.9. The van der Waals surface area contributed by atoms with Crippen LogP contribution in [0.5, 0.6) is 11.5 Å². The standard InChI is InChI=1S/C24H18F3N3O5/c25-24(26,27)34-18-7-4-16(5-8-18)22-28-23(35-29-22)17-6-9-21(31)30(12-17)11-15-2-1-3-19(10-15)33-20-13-32-14-20/h1-10,12,20H,11,13-14H2. The van der Waals surface area contributed by atoms with Gasteiger partial charge in [-0.05, 0) is 48.0 Å². The van der Waals surface area contributed by atoms with E-state index in [2.05, 4.69) is 14.9 Å². The second-order valence-electron chi connectivity index (χ2n) is 7.80. The predicted molar refractivity (Wildman–Crippen MR) is 117 cm³/mol. The Labute approximate surface area is 196 Å². The lowest BCUT2D eigenvalue weighted by Gasteiger charge is -2.26. The van der Waals surface area contributed by atoms with Crippen LogP contribution < -0.4 is 15.0 Å². The number of benzene rings is 2. The average Bonchev–Trinajstić information content (AvgIpc) is 3.28. The maximum atomic E-state index is 12.4. The van der Waals surface area contributed by atoms with Crippen molar-refractivity contribution in [3.8, 4) is 34.3 Å². The molecule has 0 unspecified atom stereocenters. The molecule has 180 valence electrons. The van der Waals surface area contributed by atoms with Crippen LogP contribution in [0.1, 0.15) is 5.56 Å². The third kappa shape index (κ3) is 5.52. The molecule has 0 bridgehead atoms. The zero-order valence-corrected chi connectivity index (χ0v) is 18.1. The molecule has 1 aliphatic rings. The zero-order chi connectivity index (χ0) is 24.4. The van der Waals surface area contributed by atoms with E-state index >= 15 is 0 Å². The van der Waals surface area contributed by atoms with Crippen molar-refractivity contribution in [3.05, 3.63) is 82.8 Å². The van der Waals surface area contributed by atoms with Gasteiger partial charge in [0.05, 0.1) is 25.3 Å². The molecule has 3 heterocycles. The number of rotatable bonds is 7. The molecule has 0 saturated carbocycles. The summed E-state index contributed by atoms with van der Waals surface area (Å²) in [5, 5.41) is 3.89. The second-order valence-corrected chi connectivity index (χ2v) is 7.80. The Morgan fingerprint density at radius 2 is 1.77 bits per heavy atom. The lowest BCUT2D eigenvalue weighted by atomic mass is 10.2. The third-order valence-corrected chi connectivity index (χ3v) is 5.16. The molecule has 1 fully saturated rings. The summed E-state index contributed by atoms with van der Waals surface area (Å²) >= 11 is 0. The quantitative estimate of drug-likeness (QED) is 0.386. The molecule has 0 N–H and O–H groups in total. The molecule has 2 aromatic heterocycles. The summed E-state index contributed by atoms with van der Waals surface area (Å²) in [6, 6.07) is 15.5. The summed E-state index contributed by atoms with van der Waals surface area (Å²) in [4.78, 5) is 16.7. The molecule has 35 heavy (non-hydrogen) atoms. The van der Waals surface area contributed by atoms with Crippen LogP contribution in [0, 0.1) is 0 Å². The summed E-state index contributed by atoms with van der Waals surface area (Å²) < 4.78 is 58.7. The van der Waals surface area contributed by atoms with Crippen molar-refractivity contribution in [3.63, 3.8) is 0 Å². The number of ether oxygens (including phenoxy) is 3. The largest absolute Gasteiger partial charge is 0.573 e. The molecule has 8 nitrogen and oxygen atoms in total. The summed E-state index contributed by atoms with van der Waals surface area (Å²) in [5.41, 5.74) is 1.61. The van der Waals surface area contributed by atoms with Crippen LogP contribution in [0.15, 0.2) is 76.2 Å². The van der Waals surface area contributed by atoms with E-state index in [9.17, 15) is 18.0 Å². The Morgan fingerprint density at radius 1 is 1.00 bits per heavy atom. The highest BCUT2D eigenvalue weighted by molar-refractivity contribution is 5.60. The predicted octanol–water partition coefficient (Wildman–Crippen LogP) is 4.29. The van der Waals surface area contributed by atoms with Gasteiger partial charge in [-0.2, -0.15) is 4.98 Å². The van der Waals surface area contributed by atoms with Gasteiger partial charge in [0.15, 0.2) is 0 Å². The van der Waals surface area contributed by atoms with Gasteiger partial charge in [-0.25, -0.2) is 0 Å². The second kappa shape index (κ2) is 9.26. The van der Waals surface area contributed by atoms with Gasteiger partial charge in [-0.1, -0.05) is 17.3 Å². The van der Waals surface area contributed by atoms with E-state index in [1.807, 2.05) is 24.3 Å². The molecule has 2 aromatic carbocycles. The van der Waals surface area contributed by atoms with Gasteiger partial charge in [0.1, 0.15) is 17.6 Å². The highest BCUT2D eigenvalue weighted by Crippen LogP contribution is 2.27. The number of hydrogen-bond acceptors (Lipinski definition) is 7. The number of alkyl halides is 3. The van der Waals surface area contributed by atoms with Gasteiger partial charge >= 0.3 is 6.36 Å². The fourth-order valence-corrected chi connectivity index (χ4v) is 3.43. The van der Waals surface area contributed by atoms with E-state index in [4.69, 9.17) is 14.0 Å². The van der Waals surface area contributed by atoms with Gasteiger partial charge in [0.2, 0.25) is 5.82 Å². The maximum Gasteiger partial charge on any atom is 0.573 e. The van der Waals surface area contributed by atoms with Crippen LogP contribution in [-0.4, -0.2) is 40.4 Å². The molecule has 4 aromatic rings. The van der Waals surface area contributed by atoms with Crippen molar-refractivity contribution in [1.82, 2.24) is 14.7 Å². The Kier molecular flexibility index (Phi) is 6.00. The van der Waals surface area contributed by atoms with E-state index in [-0.39, 0.29) is 29.1 Å². The highest BCUT2D eigenvalue weighted by Gasteiger charge is 2.31. The molecule has 5 rings (SSSR count). The van der Waals surface area contributed by atoms with Crippen LogP contribution in [0.3, 0.4) is 0 Å². The highest BCUT2D eigenvalue weighted by atomic mass is 19.4. The number of pyridine rings is 1. The average molecular weight is 485 g/mol. The molecule has 11 heteroatoms. The van der Waals surface area contributed by atoms with Crippen molar-refractivity contribution >= 4 is 0 Å². The summed E-state index contributed by atoms with van der Waals surface area (Å²) in [6.07, 6.45) is -3.13. The monoisotopic (exact) mass is 485 g/mol. The molecule has 1 saturated heterocycles. The van der Waals surface area contributed by atoms with E-state index in [0.29, 0.717) is 36.6 Å². The Balaban J connectivity index is 1.33. The fourth-order valence-electron chi connectivity index (χ4n) is 3.43. The maximum absolute atomic E-state index is 12.4. The van der Waals surface area contributed by atoms with Gasteiger partial charge in [-0.15, -0.1) is 13.2 Å². The molecule has 0 aliphatic carbocycles. The number of nitrogens with zero attached hydrogens (tertiary/aromatic N) is 3. The SMILES string of the molecule is O=c1ccc(-c2nc(-c3ccc(OC(F)(F)F)cc3)no2)cn1Cc1cccc(OC2COC2)c1. The first-order chi connectivity index (χ1) is 16.8. The lowest BCUT2D eigenvalue weighted by molar-refractivity contribution is -0.274. The van der Waals surface area contributed by atoms with E-state index in [1.54, 1.807) is 12.3 Å². The first-order valence-electron chi connectivity index (χ1n) is 10.6. The molecular formula is C24H18F3N3O5. The van der Waals surface area contributed by atoms with Crippen molar-refractivity contribution < 1.29 is 31.9 Å². The summed E-state index contributed by atoms with van der Waals surface area (Å²) in [5.74, 6) is 0.688. The van der Waals surface area contributed by atoms with Gasteiger partial charge in [-0.3, -0.25) is 4.79 Å². The molecule has 0 radical (unpaired) electrons. The Hall–Kier alpha value is -4.12. The molecule has 0 amide bonds. The van der Waals surface area contributed by atoms with Crippen molar-refractivity contribution in [2.75, 3.05) is 13.2 Å². The minimum absolute atomic E-state index is 0.0383. The minimum atomic E-state index is -4.77. The number of aromatic nitrogens is 3. The van der Waals surface area contributed by atoms with Crippen LogP contribution in [0.2, 0.25) is 0 Å². The van der Waals surface area contributed by atoms with Crippen LogP contribution in [0.4, 0.5) is 13.2 Å². The van der Waals surface area contributed by atoms with Crippen molar-refractivity contribution in [2.45, 2.75) is 19.0 Å². The molecule has 1 aliphatic heterocycles. The first kappa shape index (κ1) is 22.7. The fraction of sp³-hybridized carbons (Fsp3) is 0.208. The smallest absolute Gasteiger partial charge is 0.486 e. The van der Waals surface area contributed by atoms with Gasteiger partial charge in [0.25, 0.3) is 11.4 Å². The topological polar surface area (TPSA) is 88.6 Å². The molecular weight excluding hydrogens is 467 g/mol. The molecule has 0 spiro atoms. The van der Waals surface area contributed by atoms with Crippen molar-refractivity contribution in [1.29, 1.82) is 0 Å². The lowest BCUT2D eigenvalue weighted by Crippen LogP contribution is -2.38. The van der Waals surface area contributed by atoms with Gasteiger partial charge < -0.3 is 23.3 Å². The van der Waals surface area contributed by atoms with Crippen LogP contribution in [-0.2, 0) is 11.3 Å². The van der Waals surface area contributed by atoms with Crippen LogP contribution in [0.25, 0.3) is 22.8 Å². The van der Waals surface area contributed by atoms with Gasteiger partial charge in [0, 0.05) is 17.8 Å². The van der Waals surface area contributed by atoms with E-state index < -0.39 is 6.36 Å². The third-order valence-electron chi connectivity index (χ3n) is 5.16. The Morgan fingerprint density at radius 3 is 2.49 bits per heavy atom. The number of hydrogen-bond donors (Lipinski definition) is 0. The summed E-state index contributed by atoms with van der Waals surface area (Å²) in [6.45, 7) is 1.42. The van der Waals surface area contributed by atoms with Crippen LogP contribution >= 0.6 is 0 Å². The zero-order valence-electron chi connectivity index (χ0n) is 18.1. The summed E-state index contributed by atoms with van der Waals surface area (Å²) in [7, 11) is 0. The van der Waals surface area contributed by atoms with E-state index in [1.165, 1.54) is 22.8 Å². The minimum Gasteiger partial charge on any atom is -0.486 e. The van der Waals surface area contributed by atoms with E-state index in [0.717, 1.165) is 17.7 Å². The number of halogens is 3. The first-order valence-corrected chi connectivity index (χ1v) is 10.6.